The molecule has 0 aromatic heterocycles. The Labute approximate surface area is 83.2 Å². The van der Waals surface area contributed by atoms with Gasteiger partial charge in [0.25, 0.3) is 0 Å². The van der Waals surface area contributed by atoms with Gasteiger partial charge in [0, 0.05) is 11.6 Å². The lowest BCUT2D eigenvalue weighted by molar-refractivity contribution is 0.489. The first-order valence-corrected chi connectivity index (χ1v) is 4.60. The van der Waals surface area contributed by atoms with Gasteiger partial charge in [-0.1, -0.05) is 25.1 Å². The van der Waals surface area contributed by atoms with E-state index in [1.54, 1.807) is 18.2 Å². The van der Waals surface area contributed by atoms with Gasteiger partial charge in [0.2, 0.25) is 0 Å². The fourth-order valence-electron chi connectivity index (χ4n) is 1.39. The molecule has 0 aliphatic carbocycles. The lowest BCUT2D eigenvalue weighted by Crippen LogP contribution is -2.20. The van der Waals surface area contributed by atoms with E-state index in [9.17, 15) is 4.39 Å². The second-order valence-corrected chi connectivity index (χ2v) is 3.19. The van der Waals surface area contributed by atoms with Gasteiger partial charge in [0.05, 0.1) is 12.0 Å². The highest BCUT2D eigenvalue weighted by atomic mass is 19.1. The molecule has 2 unspecified atom stereocenters. The highest BCUT2D eigenvalue weighted by molar-refractivity contribution is 5.22. The maximum atomic E-state index is 13.3. The number of nitrogens with zero attached hydrogens (tertiary/aromatic N) is 1. The second kappa shape index (κ2) is 4.73. The molecule has 1 aromatic carbocycles. The maximum absolute atomic E-state index is 13.3. The van der Waals surface area contributed by atoms with Gasteiger partial charge in [-0.15, -0.1) is 0 Å². The molecular weight excluding hydrogens is 179 g/mol. The molecule has 0 saturated heterocycles. The molecule has 0 bridgehead atoms. The predicted molar refractivity (Wildman–Crippen MR) is 52.7 cm³/mol. The summed E-state index contributed by atoms with van der Waals surface area (Å²) >= 11 is 0. The summed E-state index contributed by atoms with van der Waals surface area (Å²) in [5, 5.41) is 8.80. The third-order valence-corrected chi connectivity index (χ3v) is 2.30. The highest BCUT2D eigenvalue weighted by Gasteiger charge is 2.19. The van der Waals surface area contributed by atoms with Crippen LogP contribution in [0.15, 0.2) is 24.3 Å². The highest BCUT2D eigenvalue weighted by Crippen LogP contribution is 2.23. The fourth-order valence-corrected chi connectivity index (χ4v) is 1.39. The Morgan fingerprint density at radius 2 is 2.14 bits per heavy atom. The average Bonchev–Trinajstić information content (AvgIpc) is 2.20. The Morgan fingerprint density at radius 3 is 2.64 bits per heavy atom. The number of nitrogens with two attached hydrogens (primary N) is 1. The van der Waals surface area contributed by atoms with Crippen molar-refractivity contribution in [3.63, 3.8) is 0 Å². The van der Waals surface area contributed by atoms with Crippen molar-refractivity contribution < 1.29 is 4.39 Å². The second-order valence-electron chi connectivity index (χ2n) is 3.19. The van der Waals surface area contributed by atoms with Crippen molar-refractivity contribution in [1.82, 2.24) is 0 Å². The normalized spacial score (nSPS) is 14.4. The molecule has 2 nitrogen and oxygen atoms in total. The van der Waals surface area contributed by atoms with E-state index in [2.05, 4.69) is 6.07 Å². The molecule has 1 aromatic rings. The summed E-state index contributed by atoms with van der Waals surface area (Å²) in [6.07, 6.45) is 0.631. The van der Waals surface area contributed by atoms with E-state index in [4.69, 9.17) is 11.0 Å². The van der Waals surface area contributed by atoms with E-state index < -0.39 is 6.04 Å². The molecule has 2 N–H and O–H groups in total. The molecule has 0 radical (unpaired) electrons. The lowest BCUT2D eigenvalue weighted by Gasteiger charge is -2.16. The molecule has 1 rings (SSSR count). The van der Waals surface area contributed by atoms with Crippen molar-refractivity contribution in [1.29, 1.82) is 5.26 Å². The van der Waals surface area contributed by atoms with Crippen LogP contribution in [0.5, 0.6) is 0 Å². The van der Waals surface area contributed by atoms with E-state index in [0.717, 1.165) is 0 Å². The Hall–Kier alpha value is -1.40. The van der Waals surface area contributed by atoms with Crippen molar-refractivity contribution in [3.05, 3.63) is 35.6 Å². The lowest BCUT2D eigenvalue weighted by atomic mass is 9.93. The molecule has 0 fully saturated rings. The summed E-state index contributed by atoms with van der Waals surface area (Å²) < 4.78 is 13.3. The Balaban J connectivity index is 2.95. The van der Waals surface area contributed by atoms with Gasteiger partial charge in [-0.2, -0.15) is 5.26 Å². The van der Waals surface area contributed by atoms with Crippen molar-refractivity contribution in [2.24, 2.45) is 11.7 Å². The van der Waals surface area contributed by atoms with Crippen LogP contribution in [-0.2, 0) is 0 Å². The number of hydrogen-bond acceptors (Lipinski definition) is 2. The summed E-state index contributed by atoms with van der Waals surface area (Å²) in [5.74, 6) is -0.666. The summed E-state index contributed by atoms with van der Waals surface area (Å²) in [7, 11) is 0. The van der Waals surface area contributed by atoms with Crippen LogP contribution in [0.2, 0.25) is 0 Å². The smallest absolute Gasteiger partial charge is 0.128 e. The summed E-state index contributed by atoms with van der Waals surface area (Å²) in [6.45, 7) is 1.87. The van der Waals surface area contributed by atoms with Crippen molar-refractivity contribution in [2.75, 3.05) is 0 Å². The first-order chi connectivity index (χ1) is 6.70. The molecule has 74 valence electrons. The Kier molecular flexibility index (Phi) is 3.61. The molecule has 0 heterocycles. The van der Waals surface area contributed by atoms with Gasteiger partial charge in [0.15, 0.2) is 0 Å². The van der Waals surface area contributed by atoms with Crippen LogP contribution < -0.4 is 5.73 Å². The minimum Gasteiger partial charge on any atom is -0.323 e. The van der Waals surface area contributed by atoms with Crippen LogP contribution in [-0.4, -0.2) is 0 Å². The van der Waals surface area contributed by atoms with Gasteiger partial charge >= 0.3 is 0 Å². The molecule has 0 amide bonds. The van der Waals surface area contributed by atoms with Crippen molar-refractivity contribution in [2.45, 2.75) is 19.4 Å². The largest absolute Gasteiger partial charge is 0.323 e. The SMILES string of the molecule is CCC(C#N)C(N)c1ccccc1F. The third kappa shape index (κ3) is 2.09. The molecule has 0 spiro atoms. The van der Waals surface area contributed by atoms with Crippen LogP contribution in [0.3, 0.4) is 0 Å². The minimum atomic E-state index is -0.536. The quantitative estimate of drug-likeness (QED) is 0.799. The molecule has 0 aliphatic heterocycles. The van der Waals surface area contributed by atoms with Gasteiger partial charge < -0.3 is 5.73 Å². The van der Waals surface area contributed by atoms with Gasteiger partial charge in [-0.05, 0) is 12.5 Å². The van der Waals surface area contributed by atoms with Crippen LogP contribution in [0.25, 0.3) is 0 Å². The van der Waals surface area contributed by atoms with E-state index >= 15 is 0 Å². The van der Waals surface area contributed by atoms with Crippen molar-refractivity contribution in [3.8, 4) is 6.07 Å². The molecule has 3 heteroatoms. The van der Waals surface area contributed by atoms with Crippen molar-refractivity contribution >= 4 is 0 Å². The number of halogens is 1. The first kappa shape index (κ1) is 10.7. The summed E-state index contributed by atoms with van der Waals surface area (Å²) in [6, 6.07) is 7.87. The molecule has 2 atom stereocenters. The Morgan fingerprint density at radius 1 is 1.50 bits per heavy atom. The average molecular weight is 192 g/mol. The monoisotopic (exact) mass is 192 g/mol. The molecule has 14 heavy (non-hydrogen) atoms. The van der Waals surface area contributed by atoms with Crippen LogP contribution in [0.1, 0.15) is 24.9 Å². The maximum Gasteiger partial charge on any atom is 0.128 e. The topological polar surface area (TPSA) is 49.8 Å². The molecular formula is C11H13FN2. The summed E-state index contributed by atoms with van der Waals surface area (Å²) in [4.78, 5) is 0. The van der Waals surface area contributed by atoms with Crippen LogP contribution >= 0.6 is 0 Å². The van der Waals surface area contributed by atoms with E-state index in [0.29, 0.717) is 12.0 Å². The predicted octanol–water partition coefficient (Wildman–Crippen LogP) is 2.38. The zero-order chi connectivity index (χ0) is 10.6. The Bertz CT molecular complexity index is 343. The first-order valence-electron chi connectivity index (χ1n) is 4.60. The number of rotatable bonds is 3. The van der Waals surface area contributed by atoms with Gasteiger partial charge in [0.1, 0.15) is 5.82 Å². The van der Waals surface area contributed by atoms with E-state index in [-0.39, 0.29) is 11.7 Å². The summed E-state index contributed by atoms with van der Waals surface area (Å²) in [5.41, 5.74) is 6.22. The van der Waals surface area contributed by atoms with E-state index in [1.807, 2.05) is 6.92 Å². The zero-order valence-electron chi connectivity index (χ0n) is 8.07. The van der Waals surface area contributed by atoms with Crippen LogP contribution in [0.4, 0.5) is 4.39 Å². The molecule has 0 aliphatic rings. The van der Waals surface area contributed by atoms with Gasteiger partial charge in [-0.25, -0.2) is 4.39 Å². The fraction of sp³-hybridized carbons (Fsp3) is 0.364. The van der Waals surface area contributed by atoms with Crippen LogP contribution in [0, 0.1) is 23.1 Å². The third-order valence-electron chi connectivity index (χ3n) is 2.30. The minimum absolute atomic E-state index is 0.327. The molecule has 0 saturated carbocycles. The number of nitriles is 1. The van der Waals surface area contributed by atoms with Gasteiger partial charge in [-0.3, -0.25) is 0 Å². The zero-order valence-corrected chi connectivity index (χ0v) is 8.07. The number of benzene rings is 1. The number of hydrogen-bond donors (Lipinski definition) is 1. The standard InChI is InChI=1S/C11H13FN2/c1-2-8(7-13)11(14)9-5-3-4-6-10(9)12/h3-6,8,11H,2,14H2,1H3. The van der Waals surface area contributed by atoms with E-state index in [1.165, 1.54) is 6.07 Å².